The molecule has 2 fully saturated rings. The van der Waals surface area contributed by atoms with E-state index in [1.54, 1.807) is 11.3 Å². The van der Waals surface area contributed by atoms with E-state index in [0.717, 1.165) is 39.0 Å². The summed E-state index contributed by atoms with van der Waals surface area (Å²) in [6.07, 6.45) is 8.54. The molecule has 3 atom stereocenters. The highest BCUT2D eigenvalue weighted by atomic mass is 32.1. The lowest BCUT2D eigenvalue weighted by Gasteiger charge is -2.41. The number of unbranched alkanes of at least 4 members (excludes halogenated alkanes) is 1. The van der Waals surface area contributed by atoms with Gasteiger partial charge in [-0.15, -0.1) is 11.3 Å². The first-order chi connectivity index (χ1) is 14.7. The Bertz CT molecular complexity index is 608. The number of hydrogen-bond acceptors (Lipinski definition) is 5. The molecule has 0 saturated carbocycles. The zero-order valence-corrected chi connectivity index (χ0v) is 20.7. The fourth-order valence-corrected chi connectivity index (χ4v) is 7.09. The number of carbonyl (C=O) groups is 1. The second kappa shape index (κ2) is 13.1. The molecule has 30 heavy (non-hydrogen) atoms. The lowest BCUT2D eigenvalue weighted by atomic mass is 9.97. The molecule has 3 rings (SSSR count). The van der Waals surface area contributed by atoms with Crippen molar-refractivity contribution in [1.29, 1.82) is 0 Å². The molecule has 5 nitrogen and oxygen atoms in total. The Morgan fingerprint density at radius 3 is 2.87 bits per heavy atom. The van der Waals surface area contributed by atoms with Crippen molar-refractivity contribution in [3.8, 4) is 0 Å². The van der Waals surface area contributed by atoms with E-state index in [1.165, 1.54) is 56.6 Å². The number of thiophene rings is 1. The van der Waals surface area contributed by atoms with Crippen LogP contribution in [0, 0.1) is 5.92 Å². The van der Waals surface area contributed by atoms with Crippen LogP contribution in [0.2, 0.25) is 0 Å². The summed E-state index contributed by atoms with van der Waals surface area (Å²) in [5.41, 5.74) is 0. The highest BCUT2D eigenvalue weighted by molar-refractivity contribution is 7.55. The average Bonchev–Trinajstić information content (AvgIpc) is 3.31. The van der Waals surface area contributed by atoms with Gasteiger partial charge in [-0.1, -0.05) is 25.8 Å². The zero-order valence-electron chi connectivity index (χ0n) is 18.9. The van der Waals surface area contributed by atoms with Crippen LogP contribution in [-0.4, -0.2) is 67.4 Å². The molecule has 2 N–H and O–H groups in total. The Hall–Kier alpha value is -0.520. The molecule has 0 bridgehead atoms. The van der Waals surface area contributed by atoms with E-state index < -0.39 is 8.07 Å². The first kappa shape index (κ1) is 24.1. The summed E-state index contributed by atoms with van der Waals surface area (Å²) in [7, 11) is -0.437. The van der Waals surface area contributed by atoms with Crippen LogP contribution in [0.1, 0.15) is 56.7 Å². The van der Waals surface area contributed by atoms with Gasteiger partial charge in [-0.25, -0.2) is 0 Å². The summed E-state index contributed by atoms with van der Waals surface area (Å²) in [5.74, 6) is 0.880. The molecular formula is C23H41N4OPS. The van der Waals surface area contributed by atoms with Gasteiger partial charge in [0.15, 0.2) is 0 Å². The zero-order chi connectivity index (χ0) is 21.2. The van der Waals surface area contributed by atoms with E-state index in [-0.39, 0.29) is 5.92 Å². The molecule has 2 aliphatic rings. The van der Waals surface area contributed by atoms with Crippen LogP contribution < -0.4 is 10.4 Å². The van der Waals surface area contributed by atoms with Crippen molar-refractivity contribution >= 4 is 25.3 Å². The van der Waals surface area contributed by atoms with Crippen LogP contribution in [0.15, 0.2) is 17.5 Å². The van der Waals surface area contributed by atoms with Gasteiger partial charge in [0.1, 0.15) is 0 Å². The molecule has 1 aromatic heterocycles. The molecule has 2 aliphatic heterocycles. The molecular weight excluding hydrogens is 411 g/mol. The minimum absolute atomic E-state index is 0.188. The molecule has 0 aromatic carbocycles. The summed E-state index contributed by atoms with van der Waals surface area (Å²) in [6, 6.07) is 4.29. The van der Waals surface area contributed by atoms with Gasteiger partial charge in [-0.2, -0.15) is 0 Å². The van der Waals surface area contributed by atoms with Gasteiger partial charge >= 0.3 is 0 Å². The van der Waals surface area contributed by atoms with Gasteiger partial charge in [0, 0.05) is 37.0 Å². The van der Waals surface area contributed by atoms with Gasteiger partial charge in [0.05, 0.1) is 5.78 Å². The third-order valence-electron chi connectivity index (χ3n) is 6.60. The first-order valence-corrected chi connectivity index (χ1v) is 14.6. The van der Waals surface area contributed by atoms with Crippen LogP contribution in [-0.2, 0) is 11.3 Å². The maximum absolute atomic E-state index is 13.4. The third-order valence-corrected chi connectivity index (χ3v) is 9.49. The van der Waals surface area contributed by atoms with Gasteiger partial charge in [-0.3, -0.25) is 9.88 Å². The number of nitrogens with zero attached hydrogens (tertiary/aromatic N) is 2. The minimum atomic E-state index is -0.437. The molecule has 7 heteroatoms. The van der Waals surface area contributed by atoms with E-state index in [1.807, 2.05) is 0 Å². The van der Waals surface area contributed by atoms with E-state index >= 15 is 0 Å². The smallest absolute Gasteiger partial charge is 0.226 e. The Morgan fingerprint density at radius 2 is 2.13 bits per heavy atom. The van der Waals surface area contributed by atoms with Crippen molar-refractivity contribution in [3.05, 3.63) is 22.4 Å². The normalized spacial score (nSPS) is 22.7. The van der Waals surface area contributed by atoms with Crippen LogP contribution in [0.25, 0.3) is 0 Å². The fraction of sp³-hybridized carbons (Fsp3) is 0.783. The van der Waals surface area contributed by atoms with E-state index in [9.17, 15) is 4.79 Å². The fourth-order valence-electron chi connectivity index (χ4n) is 4.66. The maximum Gasteiger partial charge on any atom is 0.226 e. The molecule has 1 unspecified atom stereocenters. The lowest BCUT2D eigenvalue weighted by Crippen LogP contribution is -2.55. The number of rotatable bonds is 11. The Morgan fingerprint density at radius 1 is 1.30 bits per heavy atom. The number of nitrogens with one attached hydrogen (secondary N) is 2. The molecule has 0 radical (unpaired) electrons. The van der Waals surface area contributed by atoms with Crippen molar-refractivity contribution in [1.82, 2.24) is 20.2 Å². The van der Waals surface area contributed by atoms with Crippen molar-refractivity contribution in [2.45, 2.75) is 64.2 Å². The van der Waals surface area contributed by atoms with Crippen molar-refractivity contribution < 1.29 is 4.79 Å². The molecule has 1 amide bonds. The summed E-state index contributed by atoms with van der Waals surface area (Å²) >= 11 is 1.80. The predicted molar refractivity (Wildman–Crippen MR) is 130 cm³/mol. The van der Waals surface area contributed by atoms with Crippen molar-refractivity contribution in [2.24, 2.45) is 5.92 Å². The summed E-state index contributed by atoms with van der Waals surface area (Å²) < 4.78 is 0. The van der Waals surface area contributed by atoms with E-state index in [0.29, 0.717) is 11.7 Å². The summed E-state index contributed by atoms with van der Waals surface area (Å²) in [4.78, 5) is 19.6. The highest BCUT2D eigenvalue weighted by Crippen LogP contribution is 2.37. The Kier molecular flexibility index (Phi) is 10.6. The summed E-state index contributed by atoms with van der Waals surface area (Å²) in [6.45, 7) is 11.8. The number of amides is 1. The topological polar surface area (TPSA) is 47.6 Å². The molecule has 170 valence electrons. The summed E-state index contributed by atoms with van der Waals surface area (Å²) in [5, 5.41) is 9.37. The second-order valence-electron chi connectivity index (χ2n) is 8.74. The number of piperidine rings is 1. The minimum Gasteiger partial charge on any atom is -0.332 e. The van der Waals surface area contributed by atoms with Crippen LogP contribution in [0.5, 0.6) is 0 Å². The predicted octanol–water partition coefficient (Wildman–Crippen LogP) is 4.30. The maximum atomic E-state index is 13.4. The SMILES string of the molecule is CC[C@H](CCCCN1CCCCC1)C(=O)N1CCNC[C@H]1P(C)NCc1cccs1. The average molecular weight is 453 g/mol. The Labute approximate surface area is 188 Å². The lowest BCUT2D eigenvalue weighted by molar-refractivity contribution is -0.137. The Balaban J connectivity index is 1.46. The van der Waals surface area contributed by atoms with Gasteiger partial charge in [0.2, 0.25) is 5.91 Å². The highest BCUT2D eigenvalue weighted by Gasteiger charge is 2.33. The van der Waals surface area contributed by atoms with Crippen molar-refractivity contribution in [3.63, 3.8) is 0 Å². The first-order valence-electron chi connectivity index (χ1n) is 11.9. The van der Waals surface area contributed by atoms with Gasteiger partial charge in [-0.05, 0) is 77.9 Å². The number of hydrogen-bond donors (Lipinski definition) is 2. The number of piperazine rings is 1. The number of carbonyl (C=O) groups excluding carboxylic acids is 1. The van der Waals surface area contributed by atoms with Gasteiger partial charge < -0.3 is 15.1 Å². The monoisotopic (exact) mass is 452 g/mol. The molecule has 2 saturated heterocycles. The third kappa shape index (κ3) is 7.27. The van der Waals surface area contributed by atoms with E-state index in [2.05, 4.69) is 51.3 Å². The quantitative estimate of drug-likeness (QED) is 0.388. The molecule has 3 heterocycles. The number of likely N-dealkylation sites (tertiary alicyclic amines) is 1. The van der Waals surface area contributed by atoms with Crippen molar-refractivity contribution in [2.75, 3.05) is 45.9 Å². The van der Waals surface area contributed by atoms with Crippen LogP contribution in [0.4, 0.5) is 0 Å². The van der Waals surface area contributed by atoms with Gasteiger partial charge in [0.25, 0.3) is 0 Å². The largest absolute Gasteiger partial charge is 0.332 e. The molecule has 1 aromatic rings. The molecule has 0 spiro atoms. The van der Waals surface area contributed by atoms with Crippen LogP contribution in [0.3, 0.4) is 0 Å². The van der Waals surface area contributed by atoms with E-state index in [4.69, 9.17) is 0 Å². The van der Waals surface area contributed by atoms with Crippen LogP contribution >= 0.6 is 19.4 Å². The second-order valence-corrected chi connectivity index (χ2v) is 11.9. The standard InChI is InChI=1S/C23H41N4OPS/c1-3-20(10-5-8-15-26-13-6-4-7-14-26)23(28)27-16-12-24-19-22(27)29(2)25-18-21-11-9-17-30-21/h9,11,17,20,22,24-25H,3-8,10,12-16,18-19H2,1-2H3/t20-,22-,29?/m1/s1. The molecule has 0 aliphatic carbocycles.